The number of aromatic nitrogens is 2. The molecule has 0 spiro atoms. The molecule has 1 unspecified atom stereocenters. The van der Waals surface area contributed by atoms with E-state index in [0.29, 0.717) is 0 Å². The fraction of sp³-hybridized carbons (Fsp3) is 0.200. The molecule has 0 aliphatic rings. The van der Waals surface area contributed by atoms with Crippen LogP contribution >= 0.6 is 11.5 Å². The minimum atomic E-state index is -0.139. The first kappa shape index (κ1) is 12.3. The smallest absolute Gasteiger partial charge is 0.0804 e. The first-order chi connectivity index (χ1) is 9.29. The van der Waals surface area contributed by atoms with Gasteiger partial charge in [0.1, 0.15) is 0 Å². The van der Waals surface area contributed by atoms with E-state index in [-0.39, 0.29) is 6.04 Å². The molecule has 0 bridgehead atoms. The summed E-state index contributed by atoms with van der Waals surface area (Å²) in [6.07, 6.45) is 0.868. The monoisotopic (exact) mass is 269 g/mol. The number of nitrogens with two attached hydrogens (primary N) is 1. The molecule has 0 saturated carbocycles. The highest BCUT2D eigenvalue weighted by atomic mass is 32.1. The van der Waals surface area contributed by atoms with Crippen LogP contribution in [0.25, 0.3) is 10.8 Å². The van der Waals surface area contributed by atoms with Crippen LogP contribution in [0.4, 0.5) is 0 Å². The van der Waals surface area contributed by atoms with Gasteiger partial charge in [-0.2, -0.15) is 0 Å². The summed E-state index contributed by atoms with van der Waals surface area (Å²) in [7, 11) is 0. The van der Waals surface area contributed by atoms with Crippen LogP contribution in [0, 0.1) is 0 Å². The average molecular weight is 269 g/mol. The highest BCUT2D eigenvalue weighted by Gasteiger charge is 2.16. The number of rotatable bonds is 3. The standard InChI is InChI=1S/C15H15N3S/c1-2-13-15(19-18-17-13)14(16)12-8-7-10-5-3-4-6-11(10)9-12/h3-9,14H,2,16H2,1H3. The molecular weight excluding hydrogens is 254 g/mol. The molecule has 0 saturated heterocycles. The van der Waals surface area contributed by atoms with E-state index in [1.807, 2.05) is 12.1 Å². The maximum absolute atomic E-state index is 6.36. The minimum absolute atomic E-state index is 0.139. The molecular formula is C15H15N3S. The maximum Gasteiger partial charge on any atom is 0.0804 e. The molecule has 2 aromatic carbocycles. The Labute approximate surface area is 116 Å². The van der Waals surface area contributed by atoms with Crippen molar-refractivity contribution in [2.24, 2.45) is 5.73 Å². The Morgan fingerprint density at radius 3 is 2.74 bits per heavy atom. The van der Waals surface area contributed by atoms with Crippen molar-refractivity contribution in [3.63, 3.8) is 0 Å². The molecule has 0 radical (unpaired) electrons. The Morgan fingerprint density at radius 1 is 1.16 bits per heavy atom. The van der Waals surface area contributed by atoms with Crippen molar-refractivity contribution in [2.75, 3.05) is 0 Å². The Bertz CT molecular complexity index is 705. The second-order valence-electron chi connectivity index (χ2n) is 4.52. The summed E-state index contributed by atoms with van der Waals surface area (Å²) in [4.78, 5) is 1.07. The van der Waals surface area contributed by atoms with Gasteiger partial charge in [0.2, 0.25) is 0 Å². The normalized spacial score (nSPS) is 12.7. The summed E-state index contributed by atoms with van der Waals surface area (Å²) >= 11 is 1.40. The Balaban J connectivity index is 2.04. The second-order valence-corrected chi connectivity index (χ2v) is 5.31. The van der Waals surface area contributed by atoms with Gasteiger partial charge in [-0.3, -0.25) is 0 Å². The topological polar surface area (TPSA) is 51.8 Å². The highest BCUT2D eigenvalue weighted by Crippen LogP contribution is 2.27. The molecule has 1 aromatic heterocycles. The fourth-order valence-corrected chi connectivity index (χ4v) is 3.02. The number of fused-ring (bicyclic) bond motifs is 1. The first-order valence-electron chi connectivity index (χ1n) is 6.35. The third kappa shape index (κ3) is 2.25. The van der Waals surface area contributed by atoms with Crippen LogP contribution in [0.15, 0.2) is 42.5 Å². The zero-order valence-electron chi connectivity index (χ0n) is 10.7. The number of nitrogens with zero attached hydrogens (tertiary/aromatic N) is 2. The van der Waals surface area contributed by atoms with Gasteiger partial charge in [0.05, 0.1) is 16.6 Å². The molecule has 3 aromatic rings. The molecule has 1 heterocycles. The number of benzene rings is 2. The van der Waals surface area contributed by atoms with Crippen molar-refractivity contribution < 1.29 is 0 Å². The lowest BCUT2D eigenvalue weighted by Gasteiger charge is -2.11. The van der Waals surface area contributed by atoms with Crippen molar-refractivity contribution in [3.05, 3.63) is 58.6 Å². The molecule has 2 N–H and O–H groups in total. The Hall–Kier alpha value is -1.78. The molecule has 3 nitrogen and oxygen atoms in total. The van der Waals surface area contributed by atoms with Crippen LogP contribution in [-0.2, 0) is 6.42 Å². The van der Waals surface area contributed by atoms with Crippen molar-refractivity contribution in [1.82, 2.24) is 9.59 Å². The third-order valence-electron chi connectivity index (χ3n) is 3.34. The van der Waals surface area contributed by atoms with Gasteiger partial charge in [-0.25, -0.2) is 0 Å². The summed E-state index contributed by atoms with van der Waals surface area (Å²) in [5, 5.41) is 6.58. The van der Waals surface area contributed by atoms with Crippen LogP contribution in [0.3, 0.4) is 0 Å². The van der Waals surface area contributed by atoms with Crippen molar-refractivity contribution in [1.29, 1.82) is 0 Å². The molecule has 1 atom stereocenters. The molecule has 19 heavy (non-hydrogen) atoms. The van der Waals surface area contributed by atoms with Crippen LogP contribution in [0.5, 0.6) is 0 Å². The van der Waals surface area contributed by atoms with E-state index in [4.69, 9.17) is 5.73 Å². The molecule has 4 heteroatoms. The van der Waals surface area contributed by atoms with Gasteiger partial charge in [0.15, 0.2) is 0 Å². The largest absolute Gasteiger partial charge is 0.320 e. The quantitative estimate of drug-likeness (QED) is 0.793. The number of hydrogen-bond acceptors (Lipinski definition) is 4. The summed E-state index contributed by atoms with van der Waals surface area (Å²) in [5.41, 5.74) is 8.47. The van der Waals surface area contributed by atoms with Gasteiger partial charge in [0, 0.05) is 0 Å². The molecule has 96 valence electrons. The van der Waals surface area contributed by atoms with Crippen molar-refractivity contribution in [2.45, 2.75) is 19.4 Å². The van der Waals surface area contributed by atoms with E-state index in [1.54, 1.807) is 0 Å². The highest BCUT2D eigenvalue weighted by molar-refractivity contribution is 7.05. The third-order valence-corrected chi connectivity index (χ3v) is 4.18. The van der Waals surface area contributed by atoms with Gasteiger partial charge in [0.25, 0.3) is 0 Å². The molecule has 0 fully saturated rings. The lowest BCUT2D eigenvalue weighted by atomic mass is 10.0. The number of hydrogen-bond donors (Lipinski definition) is 1. The number of aryl methyl sites for hydroxylation is 1. The van der Waals surface area contributed by atoms with Crippen molar-refractivity contribution in [3.8, 4) is 0 Å². The van der Waals surface area contributed by atoms with Crippen LogP contribution in [0.2, 0.25) is 0 Å². The summed E-state index contributed by atoms with van der Waals surface area (Å²) in [6.45, 7) is 2.08. The summed E-state index contributed by atoms with van der Waals surface area (Å²) in [6, 6.07) is 14.5. The summed E-state index contributed by atoms with van der Waals surface area (Å²) in [5.74, 6) is 0. The van der Waals surface area contributed by atoms with Gasteiger partial charge >= 0.3 is 0 Å². The predicted molar refractivity (Wildman–Crippen MR) is 79.3 cm³/mol. The lowest BCUT2D eigenvalue weighted by molar-refractivity contribution is 0.855. The van der Waals surface area contributed by atoms with Gasteiger partial charge in [-0.15, -0.1) is 5.10 Å². The first-order valence-corrected chi connectivity index (χ1v) is 7.12. The lowest BCUT2D eigenvalue weighted by Crippen LogP contribution is -2.12. The minimum Gasteiger partial charge on any atom is -0.320 e. The fourth-order valence-electron chi connectivity index (χ4n) is 2.25. The van der Waals surface area contributed by atoms with E-state index >= 15 is 0 Å². The van der Waals surface area contributed by atoms with Gasteiger partial charge in [-0.1, -0.05) is 47.8 Å². The van der Waals surface area contributed by atoms with E-state index in [2.05, 4.69) is 46.8 Å². The van der Waals surface area contributed by atoms with Crippen LogP contribution < -0.4 is 5.73 Å². The molecule has 0 aliphatic heterocycles. The van der Waals surface area contributed by atoms with E-state index in [9.17, 15) is 0 Å². The summed E-state index contributed by atoms with van der Waals surface area (Å²) < 4.78 is 4.01. The Morgan fingerprint density at radius 2 is 1.95 bits per heavy atom. The maximum atomic E-state index is 6.36. The van der Waals surface area contributed by atoms with E-state index in [0.717, 1.165) is 22.6 Å². The zero-order chi connectivity index (χ0) is 13.2. The zero-order valence-corrected chi connectivity index (χ0v) is 11.5. The Kier molecular flexibility index (Phi) is 3.27. The average Bonchev–Trinajstić information content (AvgIpc) is 2.94. The molecule has 3 rings (SSSR count). The molecule has 0 aliphatic carbocycles. The van der Waals surface area contributed by atoms with Gasteiger partial charge in [-0.05, 0) is 40.4 Å². The van der Waals surface area contributed by atoms with Crippen LogP contribution in [-0.4, -0.2) is 9.59 Å². The van der Waals surface area contributed by atoms with E-state index in [1.165, 1.54) is 22.3 Å². The van der Waals surface area contributed by atoms with Gasteiger partial charge < -0.3 is 5.73 Å². The van der Waals surface area contributed by atoms with Crippen molar-refractivity contribution >= 4 is 22.3 Å². The van der Waals surface area contributed by atoms with Crippen LogP contribution in [0.1, 0.15) is 29.1 Å². The van der Waals surface area contributed by atoms with E-state index < -0.39 is 0 Å². The SMILES string of the molecule is CCc1nnsc1C(N)c1ccc2ccccc2c1. The molecule has 0 amide bonds. The second kappa shape index (κ2) is 5.07. The predicted octanol–water partition coefficient (Wildman–Crippen LogP) is 3.30.